The van der Waals surface area contributed by atoms with Crippen LogP contribution in [-0.2, 0) is 19.4 Å². The van der Waals surface area contributed by atoms with Gasteiger partial charge in [-0.1, -0.05) is 11.6 Å². The minimum Gasteiger partial charge on any atom is -0.489 e. The van der Waals surface area contributed by atoms with Gasteiger partial charge in [0.1, 0.15) is 12.4 Å². The lowest BCUT2D eigenvalue weighted by molar-refractivity contribution is 0.147. The monoisotopic (exact) mass is 306 g/mol. The van der Waals surface area contributed by atoms with Crippen molar-refractivity contribution in [3.05, 3.63) is 28.4 Å². The zero-order valence-corrected chi connectivity index (χ0v) is 12.2. The van der Waals surface area contributed by atoms with Crippen molar-refractivity contribution in [2.24, 2.45) is 0 Å². The van der Waals surface area contributed by atoms with E-state index < -0.39 is 6.09 Å². The fraction of sp³-hybridized carbons (Fsp3) is 0.400. The molecule has 0 fully saturated rings. The highest BCUT2D eigenvalue weighted by molar-refractivity contribution is 6.31. The Morgan fingerprint density at radius 2 is 2.05 bits per heavy atom. The number of halogens is 1. The highest BCUT2D eigenvalue weighted by Gasteiger charge is 2.27. The molecule has 1 aromatic heterocycles. The molecule has 0 bridgehead atoms. The molecule has 1 amide bonds. The fourth-order valence-corrected chi connectivity index (χ4v) is 3.70. The van der Waals surface area contributed by atoms with E-state index >= 15 is 0 Å². The van der Waals surface area contributed by atoms with E-state index in [2.05, 4.69) is 4.57 Å². The summed E-state index contributed by atoms with van der Waals surface area (Å²) < 4.78 is 8.02. The zero-order chi connectivity index (χ0) is 14.6. The van der Waals surface area contributed by atoms with Gasteiger partial charge in [-0.25, -0.2) is 4.79 Å². The zero-order valence-electron chi connectivity index (χ0n) is 11.4. The van der Waals surface area contributed by atoms with Crippen molar-refractivity contribution in [1.82, 2.24) is 9.47 Å². The summed E-state index contributed by atoms with van der Waals surface area (Å²) in [7, 11) is 0. The van der Waals surface area contributed by atoms with Crippen molar-refractivity contribution >= 4 is 28.6 Å². The molecular weight excluding hydrogens is 292 g/mol. The average Bonchev–Trinajstić information content (AvgIpc) is 2.62. The molecular formula is C15H15ClN2O3. The first-order valence-electron chi connectivity index (χ1n) is 7.09. The lowest BCUT2D eigenvalue weighted by atomic mass is 10.1. The number of rotatable bonds is 0. The third-order valence-electron chi connectivity index (χ3n) is 4.40. The van der Waals surface area contributed by atoms with E-state index in [9.17, 15) is 9.90 Å². The van der Waals surface area contributed by atoms with E-state index in [-0.39, 0.29) is 0 Å². The van der Waals surface area contributed by atoms with Gasteiger partial charge in [-0.05, 0) is 18.1 Å². The molecule has 2 aromatic rings. The second kappa shape index (κ2) is 4.56. The van der Waals surface area contributed by atoms with Crippen LogP contribution in [0.4, 0.5) is 4.79 Å². The Kier molecular flexibility index (Phi) is 2.79. The second-order valence-electron chi connectivity index (χ2n) is 5.50. The molecule has 0 aliphatic carbocycles. The van der Waals surface area contributed by atoms with Crippen molar-refractivity contribution in [3.63, 3.8) is 0 Å². The minimum atomic E-state index is -0.842. The van der Waals surface area contributed by atoms with Crippen LogP contribution in [0.1, 0.15) is 11.3 Å². The van der Waals surface area contributed by atoms with Crippen molar-refractivity contribution in [3.8, 4) is 5.75 Å². The summed E-state index contributed by atoms with van der Waals surface area (Å²) in [6.07, 6.45) is 0.628. The van der Waals surface area contributed by atoms with Crippen LogP contribution >= 0.6 is 11.6 Å². The molecule has 0 saturated heterocycles. The predicted molar refractivity (Wildman–Crippen MR) is 79.4 cm³/mol. The van der Waals surface area contributed by atoms with Crippen LogP contribution in [0.15, 0.2) is 12.1 Å². The molecule has 4 rings (SSSR count). The maximum Gasteiger partial charge on any atom is 0.407 e. The molecule has 5 nitrogen and oxygen atoms in total. The largest absolute Gasteiger partial charge is 0.489 e. The number of ether oxygens (including phenoxy) is 1. The number of benzene rings is 1. The normalized spacial score (nSPS) is 17.3. The number of hydrogen-bond acceptors (Lipinski definition) is 2. The third kappa shape index (κ3) is 1.87. The first-order valence-corrected chi connectivity index (χ1v) is 7.47. The number of aromatic nitrogens is 1. The number of nitrogens with zero attached hydrogens (tertiary/aromatic N) is 2. The summed E-state index contributed by atoms with van der Waals surface area (Å²) in [6.45, 7) is 2.52. The Morgan fingerprint density at radius 1 is 1.24 bits per heavy atom. The Morgan fingerprint density at radius 3 is 2.86 bits per heavy atom. The molecule has 0 saturated carbocycles. The summed E-state index contributed by atoms with van der Waals surface area (Å²) in [4.78, 5) is 12.7. The van der Waals surface area contributed by atoms with Crippen LogP contribution < -0.4 is 4.74 Å². The van der Waals surface area contributed by atoms with Gasteiger partial charge < -0.3 is 19.3 Å². The highest BCUT2D eigenvalue weighted by Crippen LogP contribution is 2.39. The Hall–Kier alpha value is -1.88. The molecule has 0 spiro atoms. The quantitative estimate of drug-likeness (QED) is 0.814. The summed E-state index contributed by atoms with van der Waals surface area (Å²) >= 11 is 6.20. The molecule has 2 aliphatic rings. The predicted octanol–water partition coefficient (Wildman–Crippen LogP) is 2.77. The number of carboxylic acid groups (broad SMARTS) is 1. The van der Waals surface area contributed by atoms with Gasteiger partial charge in [0.05, 0.1) is 12.1 Å². The third-order valence-corrected chi connectivity index (χ3v) is 4.62. The lowest BCUT2D eigenvalue weighted by Crippen LogP contribution is -2.32. The molecule has 0 atom stereocenters. The van der Waals surface area contributed by atoms with E-state index in [1.54, 1.807) is 0 Å². The Labute approximate surface area is 126 Å². The van der Waals surface area contributed by atoms with Gasteiger partial charge in [0.2, 0.25) is 0 Å². The molecule has 0 radical (unpaired) electrons. The summed E-state index contributed by atoms with van der Waals surface area (Å²) in [6, 6.07) is 3.84. The van der Waals surface area contributed by atoms with Crippen LogP contribution in [0.3, 0.4) is 0 Å². The molecule has 21 heavy (non-hydrogen) atoms. The van der Waals surface area contributed by atoms with Gasteiger partial charge in [0.15, 0.2) is 0 Å². The van der Waals surface area contributed by atoms with E-state index in [1.165, 1.54) is 16.2 Å². The van der Waals surface area contributed by atoms with Crippen LogP contribution in [0, 0.1) is 0 Å². The van der Waals surface area contributed by atoms with Gasteiger partial charge in [-0.3, -0.25) is 0 Å². The van der Waals surface area contributed by atoms with E-state index in [0.29, 0.717) is 24.7 Å². The molecule has 2 aliphatic heterocycles. The summed E-state index contributed by atoms with van der Waals surface area (Å²) in [5.74, 6) is 0.840. The Bertz CT molecular complexity index is 753. The lowest BCUT2D eigenvalue weighted by Gasteiger charge is -2.20. The second-order valence-corrected chi connectivity index (χ2v) is 5.93. The van der Waals surface area contributed by atoms with Crippen LogP contribution in [0.2, 0.25) is 5.02 Å². The average molecular weight is 307 g/mol. The van der Waals surface area contributed by atoms with Crippen LogP contribution in [0.25, 0.3) is 10.9 Å². The summed E-state index contributed by atoms with van der Waals surface area (Å²) in [5, 5.41) is 11.0. The molecule has 6 heteroatoms. The van der Waals surface area contributed by atoms with Gasteiger partial charge in [-0.15, -0.1) is 0 Å². The van der Waals surface area contributed by atoms with Gasteiger partial charge in [-0.2, -0.15) is 0 Å². The van der Waals surface area contributed by atoms with E-state index in [4.69, 9.17) is 16.3 Å². The van der Waals surface area contributed by atoms with Gasteiger partial charge >= 0.3 is 6.09 Å². The SMILES string of the molecule is O=C(O)N1CCc2c(n3c4c(cc(Cl)cc24)OCC3)CC1. The number of hydrogen-bond donors (Lipinski definition) is 1. The maximum absolute atomic E-state index is 11.2. The van der Waals surface area contributed by atoms with Crippen LogP contribution in [-0.4, -0.2) is 40.4 Å². The Balaban J connectivity index is 1.91. The first-order chi connectivity index (χ1) is 10.1. The van der Waals surface area contributed by atoms with E-state index in [0.717, 1.165) is 36.0 Å². The topological polar surface area (TPSA) is 54.7 Å². The molecule has 1 N–H and O–H groups in total. The number of fused-ring (bicyclic) bond motifs is 3. The van der Waals surface area contributed by atoms with Crippen molar-refractivity contribution in [2.45, 2.75) is 19.4 Å². The number of amides is 1. The molecule has 0 unspecified atom stereocenters. The minimum absolute atomic E-state index is 0.532. The molecule has 1 aromatic carbocycles. The maximum atomic E-state index is 11.2. The van der Waals surface area contributed by atoms with Crippen molar-refractivity contribution < 1.29 is 14.6 Å². The van der Waals surface area contributed by atoms with E-state index in [1.807, 2.05) is 12.1 Å². The molecule has 110 valence electrons. The fourth-order valence-electron chi connectivity index (χ4n) is 3.50. The van der Waals surface area contributed by atoms with Crippen LogP contribution in [0.5, 0.6) is 5.75 Å². The highest BCUT2D eigenvalue weighted by atomic mass is 35.5. The van der Waals surface area contributed by atoms with Crippen molar-refractivity contribution in [2.75, 3.05) is 19.7 Å². The first kappa shape index (κ1) is 12.8. The van der Waals surface area contributed by atoms with Crippen molar-refractivity contribution in [1.29, 1.82) is 0 Å². The number of carbonyl (C=O) groups is 1. The smallest absolute Gasteiger partial charge is 0.407 e. The molecule has 3 heterocycles. The van der Waals surface area contributed by atoms with Gasteiger partial charge in [0, 0.05) is 41.7 Å². The van der Waals surface area contributed by atoms with Gasteiger partial charge in [0.25, 0.3) is 0 Å². The summed E-state index contributed by atoms with van der Waals surface area (Å²) in [5.41, 5.74) is 3.57. The standard InChI is InChI=1S/C15H15ClN2O3/c16-9-7-11-10-1-3-17(15(19)20)4-2-12(10)18-5-6-21-13(8-9)14(11)18/h7-8H,1-6H2,(H,19,20).